The highest BCUT2D eigenvalue weighted by molar-refractivity contribution is 5.00. The molecule has 4 nitrogen and oxygen atoms in total. The van der Waals surface area contributed by atoms with Crippen molar-refractivity contribution in [3.63, 3.8) is 0 Å². The Labute approximate surface area is 65.6 Å². The molecule has 0 aromatic carbocycles. The highest BCUT2D eigenvalue weighted by Gasteiger charge is 1.92. The summed E-state index contributed by atoms with van der Waals surface area (Å²) in [5, 5.41) is 0. The highest BCUT2D eigenvalue weighted by Crippen LogP contribution is 1.92. The van der Waals surface area contributed by atoms with Gasteiger partial charge in [-0.05, 0) is 13.0 Å². The Bertz CT molecular complexity index is 227. The van der Waals surface area contributed by atoms with E-state index in [1.165, 1.54) is 0 Å². The van der Waals surface area contributed by atoms with Crippen LogP contribution in [0.15, 0.2) is 12.3 Å². The van der Waals surface area contributed by atoms with Gasteiger partial charge in [-0.1, -0.05) is 0 Å². The molecule has 4 heteroatoms. The quantitative estimate of drug-likeness (QED) is 0.640. The molecule has 0 unspecified atom stereocenters. The van der Waals surface area contributed by atoms with Gasteiger partial charge in [0.1, 0.15) is 5.82 Å². The maximum atomic E-state index is 4.68. The van der Waals surface area contributed by atoms with E-state index in [9.17, 15) is 0 Å². The number of aryl methyl sites for hydroxylation is 1. The minimum Gasteiger partial charge on any atom is -0.305 e. The molecule has 1 heterocycles. The smallest absolute Gasteiger partial charge is 0.125 e. The highest BCUT2D eigenvalue weighted by atomic mass is 16.6. The molecule has 0 fully saturated rings. The number of nitrogens with zero attached hydrogens (tertiary/aromatic N) is 2. The van der Waals surface area contributed by atoms with Crippen LogP contribution in [0.1, 0.15) is 11.5 Å². The van der Waals surface area contributed by atoms with Crippen LogP contribution in [0.2, 0.25) is 0 Å². The number of hydrogen-bond donors (Lipinski definition) is 1. The minimum absolute atomic E-state index is 0.611. The molecule has 0 bridgehead atoms. The van der Waals surface area contributed by atoms with E-state index in [4.69, 9.17) is 0 Å². The summed E-state index contributed by atoms with van der Waals surface area (Å²) in [6.45, 7) is 2.47. The molecule has 1 rings (SSSR count). The van der Waals surface area contributed by atoms with Gasteiger partial charge in [0.25, 0.3) is 0 Å². The number of hydroxylamine groups is 1. The van der Waals surface area contributed by atoms with Crippen LogP contribution < -0.4 is 5.48 Å². The molecular weight excluding hydrogens is 142 g/mol. The number of nitrogens with one attached hydrogen (secondary N) is 1. The van der Waals surface area contributed by atoms with E-state index in [1.54, 1.807) is 13.3 Å². The van der Waals surface area contributed by atoms with Crippen LogP contribution >= 0.6 is 0 Å². The molecule has 0 aliphatic heterocycles. The molecular formula is C7H11N3O. The SMILES string of the molecule is CONCc1ccnc(C)n1. The molecule has 0 saturated carbocycles. The fourth-order valence-electron chi connectivity index (χ4n) is 0.750. The molecule has 60 valence electrons. The van der Waals surface area contributed by atoms with Gasteiger partial charge >= 0.3 is 0 Å². The molecule has 1 aromatic rings. The van der Waals surface area contributed by atoms with Crippen molar-refractivity contribution >= 4 is 0 Å². The largest absolute Gasteiger partial charge is 0.305 e. The molecule has 0 aliphatic rings. The topological polar surface area (TPSA) is 47.0 Å². The van der Waals surface area contributed by atoms with Gasteiger partial charge in [0.15, 0.2) is 0 Å². The summed E-state index contributed by atoms with van der Waals surface area (Å²) in [5.74, 6) is 0.778. The summed E-state index contributed by atoms with van der Waals surface area (Å²) < 4.78 is 0. The average molecular weight is 153 g/mol. The van der Waals surface area contributed by atoms with Crippen molar-refractivity contribution in [1.82, 2.24) is 15.4 Å². The Morgan fingerprint density at radius 1 is 1.64 bits per heavy atom. The van der Waals surface area contributed by atoms with Gasteiger partial charge < -0.3 is 4.84 Å². The molecule has 1 N–H and O–H groups in total. The Balaban J connectivity index is 2.56. The Morgan fingerprint density at radius 2 is 2.45 bits per heavy atom. The molecule has 0 spiro atoms. The lowest BCUT2D eigenvalue weighted by molar-refractivity contribution is 0.0858. The van der Waals surface area contributed by atoms with Crippen LogP contribution in [-0.2, 0) is 11.4 Å². The van der Waals surface area contributed by atoms with Crippen LogP contribution in [-0.4, -0.2) is 17.1 Å². The fraction of sp³-hybridized carbons (Fsp3) is 0.429. The predicted octanol–water partition coefficient (Wildman–Crippen LogP) is 0.436. The normalized spacial score (nSPS) is 10.0. The zero-order valence-corrected chi connectivity index (χ0v) is 6.66. The lowest BCUT2D eigenvalue weighted by Crippen LogP contribution is -2.12. The van der Waals surface area contributed by atoms with Gasteiger partial charge in [0, 0.05) is 6.20 Å². The Hall–Kier alpha value is -1.00. The zero-order valence-electron chi connectivity index (χ0n) is 6.66. The van der Waals surface area contributed by atoms with Gasteiger partial charge in [-0.3, -0.25) is 0 Å². The maximum Gasteiger partial charge on any atom is 0.125 e. The first-order chi connectivity index (χ1) is 5.33. The van der Waals surface area contributed by atoms with Gasteiger partial charge in [-0.25, -0.2) is 9.97 Å². The maximum absolute atomic E-state index is 4.68. The average Bonchev–Trinajstić information content (AvgIpc) is 2.01. The number of aromatic nitrogens is 2. The van der Waals surface area contributed by atoms with E-state index in [2.05, 4.69) is 20.3 Å². The van der Waals surface area contributed by atoms with Crippen LogP contribution in [0, 0.1) is 6.92 Å². The van der Waals surface area contributed by atoms with Crippen molar-refractivity contribution in [1.29, 1.82) is 0 Å². The van der Waals surface area contributed by atoms with Crippen LogP contribution in [0.4, 0.5) is 0 Å². The van der Waals surface area contributed by atoms with Crippen LogP contribution in [0.25, 0.3) is 0 Å². The minimum atomic E-state index is 0.611. The van der Waals surface area contributed by atoms with E-state index >= 15 is 0 Å². The van der Waals surface area contributed by atoms with Gasteiger partial charge in [-0.15, -0.1) is 0 Å². The summed E-state index contributed by atoms with van der Waals surface area (Å²) >= 11 is 0. The third kappa shape index (κ3) is 2.61. The van der Waals surface area contributed by atoms with Crippen molar-refractivity contribution < 1.29 is 4.84 Å². The number of rotatable bonds is 3. The van der Waals surface area contributed by atoms with Crippen molar-refractivity contribution in [2.24, 2.45) is 0 Å². The van der Waals surface area contributed by atoms with E-state index in [1.807, 2.05) is 13.0 Å². The summed E-state index contributed by atoms with van der Waals surface area (Å²) in [4.78, 5) is 12.8. The fourth-order valence-corrected chi connectivity index (χ4v) is 0.750. The van der Waals surface area contributed by atoms with Gasteiger partial charge in [0.05, 0.1) is 19.3 Å². The first-order valence-corrected chi connectivity index (χ1v) is 3.37. The van der Waals surface area contributed by atoms with Crippen molar-refractivity contribution in [3.8, 4) is 0 Å². The molecule has 0 atom stereocenters. The summed E-state index contributed by atoms with van der Waals surface area (Å²) in [6, 6.07) is 1.85. The van der Waals surface area contributed by atoms with Gasteiger partial charge in [-0.2, -0.15) is 5.48 Å². The summed E-state index contributed by atoms with van der Waals surface area (Å²) in [7, 11) is 1.58. The van der Waals surface area contributed by atoms with E-state index in [-0.39, 0.29) is 0 Å². The molecule has 0 radical (unpaired) electrons. The zero-order chi connectivity index (χ0) is 8.10. The third-order valence-corrected chi connectivity index (χ3v) is 1.23. The van der Waals surface area contributed by atoms with Crippen LogP contribution in [0.5, 0.6) is 0 Å². The first-order valence-electron chi connectivity index (χ1n) is 3.37. The van der Waals surface area contributed by atoms with Crippen molar-refractivity contribution in [3.05, 3.63) is 23.8 Å². The van der Waals surface area contributed by atoms with E-state index < -0.39 is 0 Å². The molecule has 0 amide bonds. The Kier molecular flexibility index (Phi) is 2.95. The van der Waals surface area contributed by atoms with E-state index in [0.717, 1.165) is 11.5 Å². The second kappa shape index (κ2) is 4.00. The molecule has 1 aromatic heterocycles. The van der Waals surface area contributed by atoms with Crippen molar-refractivity contribution in [2.75, 3.05) is 7.11 Å². The Morgan fingerprint density at radius 3 is 3.09 bits per heavy atom. The third-order valence-electron chi connectivity index (χ3n) is 1.23. The standard InChI is InChI=1S/C7H11N3O/c1-6-8-4-3-7(10-6)5-9-11-2/h3-4,9H,5H2,1-2H3. The molecule has 0 saturated heterocycles. The first kappa shape index (κ1) is 8.10. The summed E-state index contributed by atoms with van der Waals surface area (Å²) in [5.41, 5.74) is 3.63. The van der Waals surface area contributed by atoms with E-state index in [0.29, 0.717) is 6.54 Å². The second-order valence-corrected chi connectivity index (χ2v) is 2.12. The van der Waals surface area contributed by atoms with Crippen molar-refractivity contribution in [2.45, 2.75) is 13.5 Å². The predicted molar refractivity (Wildman–Crippen MR) is 40.6 cm³/mol. The number of hydrogen-bond acceptors (Lipinski definition) is 4. The second-order valence-electron chi connectivity index (χ2n) is 2.12. The lowest BCUT2D eigenvalue weighted by Gasteiger charge is -2.00. The monoisotopic (exact) mass is 153 g/mol. The van der Waals surface area contributed by atoms with Gasteiger partial charge in [0.2, 0.25) is 0 Å². The lowest BCUT2D eigenvalue weighted by atomic mass is 10.4. The van der Waals surface area contributed by atoms with Crippen LogP contribution in [0.3, 0.4) is 0 Å². The summed E-state index contributed by atoms with van der Waals surface area (Å²) in [6.07, 6.45) is 1.73. The molecule has 11 heavy (non-hydrogen) atoms. The molecule has 0 aliphatic carbocycles.